The molecule has 6 heteroatoms. The Hall–Kier alpha value is -1.85. The zero-order valence-electron chi connectivity index (χ0n) is 19.6. The monoisotopic (exact) mass is 395 g/mol. The summed E-state index contributed by atoms with van der Waals surface area (Å²) in [6, 6.07) is 0. The van der Waals surface area contributed by atoms with E-state index in [0.29, 0.717) is 19.0 Å². The zero-order valence-corrected chi connectivity index (χ0v) is 19.6. The smallest absolute Gasteiger partial charge is 0.410 e. The van der Waals surface area contributed by atoms with E-state index in [-0.39, 0.29) is 12.0 Å². The van der Waals surface area contributed by atoms with E-state index in [0.717, 1.165) is 30.2 Å². The Balaban J connectivity index is 0.00000171. The van der Waals surface area contributed by atoms with Crippen LogP contribution >= 0.6 is 0 Å². The Labute approximate surface area is 171 Å². The molecular weight excluding hydrogens is 354 g/mol. The highest BCUT2D eigenvalue weighted by molar-refractivity contribution is 5.99. The van der Waals surface area contributed by atoms with Crippen LogP contribution in [0.1, 0.15) is 92.7 Å². The minimum Gasteiger partial charge on any atom is -0.444 e. The first-order valence-corrected chi connectivity index (χ1v) is 10.6. The second kappa shape index (κ2) is 12.6. The van der Waals surface area contributed by atoms with E-state index in [1.807, 2.05) is 48.5 Å². The summed E-state index contributed by atoms with van der Waals surface area (Å²) in [5.74, 6) is 2.03. The molecule has 0 N–H and O–H groups in total. The van der Waals surface area contributed by atoms with Crippen molar-refractivity contribution in [3.05, 3.63) is 17.8 Å². The molecule has 1 aliphatic heterocycles. The lowest BCUT2D eigenvalue weighted by molar-refractivity contribution is 0.0199. The first-order chi connectivity index (χ1) is 13.2. The molecule has 0 atom stereocenters. The molecule has 28 heavy (non-hydrogen) atoms. The molecule has 1 saturated heterocycles. The summed E-state index contributed by atoms with van der Waals surface area (Å²) in [5.41, 5.74) is 0.470. The average molecular weight is 396 g/mol. The summed E-state index contributed by atoms with van der Waals surface area (Å²) >= 11 is 0. The van der Waals surface area contributed by atoms with Gasteiger partial charge in [-0.15, -0.1) is 0 Å². The lowest BCUT2D eigenvalue weighted by Gasteiger charge is -2.32. The average Bonchev–Trinajstić information content (AvgIpc) is 3.14. The molecule has 1 aliphatic rings. The summed E-state index contributed by atoms with van der Waals surface area (Å²) in [5, 5.41) is 0. The molecule has 2 rings (SSSR count). The lowest BCUT2D eigenvalue weighted by Crippen LogP contribution is -2.41. The molecule has 6 nitrogen and oxygen atoms in total. The first kappa shape index (κ1) is 26.1. The number of amides is 1. The van der Waals surface area contributed by atoms with Crippen LogP contribution in [0.2, 0.25) is 0 Å². The van der Waals surface area contributed by atoms with Crippen LogP contribution in [0.25, 0.3) is 0 Å². The first-order valence-electron chi connectivity index (χ1n) is 10.6. The molecule has 0 spiro atoms. The summed E-state index contributed by atoms with van der Waals surface area (Å²) in [4.78, 5) is 22.6. The van der Waals surface area contributed by atoms with Gasteiger partial charge in [0, 0.05) is 26.1 Å². The molecule has 0 saturated carbocycles. The van der Waals surface area contributed by atoms with Crippen LogP contribution in [-0.4, -0.2) is 47.4 Å². The lowest BCUT2D eigenvalue weighted by atomic mass is 9.97. The second-order valence-electron chi connectivity index (χ2n) is 7.57. The van der Waals surface area contributed by atoms with E-state index in [2.05, 4.69) is 23.8 Å². The van der Waals surface area contributed by atoms with Crippen molar-refractivity contribution in [2.75, 3.05) is 20.1 Å². The summed E-state index contributed by atoms with van der Waals surface area (Å²) in [7, 11) is 1.77. The van der Waals surface area contributed by atoms with Gasteiger partial charge in [0.2, 0.25) is 0 Å². The SMILES string of the molecule is CC.CC.CN=C(c1cnc(C2CCN(C(=O)OC(C)(C)C)CC2)o1)C(C)C. The summed E-state index contributed by atoms with van der Waals surface area (Å²) in [6.07, 6.45) is 3.19. The van der Waals surface area contributed by atoms with E-state index in [1.165, 1.54) is 0 Å². The number of rotatable bonds is 3. The number of hydrogen-bond acceptors (Lipinski definition) is 5. The molecule has 1 amide bonds. The topological polar surface area (TPSA) is 67.9 Å². The van der Waals surface area contributed by atoms with Gasteiger partial charge in [0.1, 0.15) is 5.60 Å². The molecule has 2 heterocycles. The largest absolute Gasteiger partial charge is 0.444 e. The molecule has 0 bridgehead atoms. The third-order valence-corrected chi connectivity index (χ3v) is 4.06. The van der Waals surface area contributed by atoms with Gasteiger partial charge in [-0.05, 0) is 39.5 Å². The van der Waals surface area contributed by atoms with E-state index in [9.17, 15) is 4.79 Å². The number of piperidine rings is 1. The fraction of sp³-hybridized carbons (Fsp3) is 0.773. The van der Waals surface area contributed by atoms with Crippen LogP contribution in [0.4, 0.5) is 4.79 Å². The number of hydrogen-bond donors (Lipinski definition) is 0. The number of likely N-dealkylation sites (tertiary alicyclic amines) is 1. The standard InChI is InChI=1S/C18H29N3O3.2C2H6/c1-12(2)15(19-6)14-11-20-16(23-14)13-7-9-21(10-8-13)17(22)24-18(3,4)5;2*1-2/h11-13H,7-10H2,1-6H3;2*1-2H3. The number of aliphatic imine (C=N–C) groups is 1. The predicted octanol–water partition coefficient (Wildman–Crippen LogP) is 5.92. The van der Waals surface area contributed by atoms with Crippen molar-refractivity contribution in [3.63, 3.8) is 0 Å². The molecule has 0 aliphatic carbocycles. The van der Waals surface area contributed by atoms with Crippen molar-refractivity contribution >= 4 is 11.8 Å². The minimum absolute atomic E-state index is 0.239. The van der Waals surface area contributed by atoms with E-state index in [1.54, 1.807) is 18.1 Å². The quantitative estimate of drug-likeness (QED) is 0.596. The fourth-order valence-corrected chi connectivity index (χ4v) is 2.88. The van der Waals surface area contributed by atoms with Crippen molar-refractivity contribution in [1.82, 2.24) is 9.88 Å². The molecule has 1 aromatic rings. The Morgan fingerprint density at radius 1 is 1.21 bits per heavy atom. The number of nitrogens with zero attached hydrogens (tertiary/aromatic N) is 3. The Morgan fingerprint density at radius 2 is 1.75 bits per heavy atom. The fourth-order valence-electron chi connectivity index (χ4n) is 2.88. The number of aromatic nitrogens is 1. The second-order valence-corrected chi connectivity index (χ2v) is 7.57. The Kier molecular flexibility index (Phi) is 11.7. The molecular formula is C22H41N3O3. The highest BCUT2D eigenvalue weighted by atomic mass is 16.6. The molecule has 162 valence electrons. The number of carbonyl (C=O) groups excluding carboxylic acids is 1. The van der Waals surface area contributed by atoms with Crippen LogP contribution < -0.4 is 0 Å². The Bertz CT molecular complexity index is 592. The van der Waals surface area contributed by atoms with Crippen molar-refractivity contribution < 1.29 is 13.9 Å². The van der Waals surface area contributed by atoms with Gasteiger partial charge < -0.3 is 14.1 Å². The van der Waals surface area contributed by atoms with E-state index >= 15 is 0 Å². The third-order valence-electron chi connectivity index (χ3n) is 4.06. The van der Waals surface area contributed by atoms with Crippen molar-refractivity contribution in [2.45, 2.75) is 86.7 Å². The van der Waals surface area contributed by atoms with Crippen LogP contribution in [0.5, 0.6) is 0 Å². The third kappa shape index (κ3) is 8.03. The van der Waals surface area contributed by atoms with Gasteiger partial charge in [0.25, 0.3) is 0 Å². The van der Waals surface area contributed by atoms with Crippen LogP contribution in [0.3, 0.4) is 0 Å². The van der Waals surface area contributed by atoms with Gasteiger partial charge in [-0.3, -0.25) is 4.99 Å². The minimum atomic E-state index is -0.460. The van der Waals surface area contributed by atoms with Crippen molar-refractivity contribution in [2.24, 2.45) is 10.9 Å². The van der Waals surface area contributed by atoms with Crippen LogP contribution in [-0.2, 0) is 4.74 Å². The highest BCUT2D eigenvalue weighted by Crippen LogP contribution is 2.29. The van der Waals surface area contributed by atoms with Crippen LogP contribution in [0.15, 0.2) is 15.6 Å². The highest BCUT2D eigenvalue weighted by Gasteiger charge is 2.29. The normalized spacial score (nSPS) is 15.4. The zero-order chi connectivity index (χ0) is 21.9. The van der Waals surface area contributed by atoms with Gasteiger partial charge in [-0.2, -0.15) is 0 Å². The Morgan fingerprint density at radius 3 is 2.18 bits per heavy atom. The van der Waals surface area contributed by atoms with Gasteiger partial charge in [0.05, 0.1) is 11.9 Å². The number of oxazole rings is 1. The maximum absolute atomic E-state index is 12.1. The summed E-state index contributed by atoms with van der Waals surface area (Å²) < 4.78 is 11.4. The van der Waals surface area contributed by atoms with E-state index < -0.39 is 5.60 Å². The van der Waals surface area contributed by atoms with Crippen molar-refractivity contribution in [1.29, 1.82) is 0 Å². The molecule has 1 fully saturated rings. The van der Waals surface area contributed by atoms with Crippen molar-refractivity contribution in [3.8, 4) is 0 Å². The predicted molar refractivity (Wildman–Crippen MR) is 116 cm³/mol. The van der Waals surface area contributed by atoms with Crippen LogP contribution in [0, 0.1) is 5.92 Å². The number of ether oxygens (including phenoxy) is 1. The molecule has 1 aromatic heterocycles. The van der Waals surface area contributed by atoms with Gasteiger partial charge in [-0.1, -0.05) is 41.5 Å². The molecule has 0 unspecified atom stereocenters. The van der Waals surface area contributed by atoms with Gasteiger partial charge in [-0.25, -0.2) is 9.78 Å². The van der Waals surface area contributed by atoms with Gasteiger partial charge >= 0.3 is 6.09 Å². The number of carbonyl (C=O) groups is 1. The molecule has 0 aromatic carbocycles. The maximum atomic E-state index is 12.1. The molecule has 0 radical (unpaired) electrons. The van der Waals surface area contributed by atoms with Gasteiger partial charge in [0.15, 0.2) is 11.7 Å². The maximum Gasteiger partial charge on any atom is 0.410 e. The van der Waals surface area contributed by atoms with E-state index in [4.69, 9.17) is 9.15 Å². The summed E-state index contributed by atoms with van der Waals surface area (Å²) in [6.45, 7) is 19.1.